The van der Waals surface area contributed by atoms with Crippen molar-refractivity contribution in [3.8, 4) is 68.3 Å². The van der Waals surface area contributed by atoms with Gasteiger partial charge in [-0.1, -0.05) is 108 Å². The summed E-state index contributed by atoms with van der Waals surface area (Å²) >= 11 is 0. The highest BCUT2D eigenvalue weighted by Gasteiger charge is 2.31. The van der Waals surface area contributed by atoms with Gasteiger partial charge in [0, 0.05) is 50.5 Å². The van der Waals surface area contributed by atoms with Gasteiger partial charge in [-0.2, -0.15) is 15.3 Å². The normalized spacial score (nSPS) is 12.5. The molecule has 0 spiro atoms. The highest BCUT2D eigenvalue weighted by Crippen LogP contribution is 2.43. The molecule has 0 aliphatic carbocycles. The summed E-state index contributed by atoms with van der Waals surface area (Å²) in [6.45, 7) is 28.8. The zero-order chi connectivity index (χ0) is 82.4. The SMILES string of the molecule is CCC(C)Cn1nc(C(=O)N[C@H](CC(=O)NCc2ncco2)CC(C)C)cc1-c1c(OC)cccc1OC.COc1cccc(OC)c1-c1cc(C(=O)N[C@H](CC(=O)NCc2ncco2)CC(C)C)nn1C(C)C(C)C.COc1cccc(OC)c1-c1cc(C(=O)N[C@H](CC(=O)NCc2ncco2)CC(C)C)nn1CC(C)C. The zero-order valence-corrected chi connectivity index (χ0v) is 68.8. The second-order valence-electron chi connectivity index (χ2n) is 29.7. The first-order valence-corrected chi connectivity index (χ1v) is 38.4. The minimum atomic E-state index is -0.371. The Hall–Kier alpha value is -11.5. The Morgan fingerprint density at radius 2 is 0.708 bits per heavy atom. The Labute approximate surface area is 662 Å². The van der Waals surface area contributed by atoms with E-state index in [4.69, 9.17) is 46.8 Å². The van der Waals surface area contributed by atoms with Crippen molar-refractivity contribution in [1.29, 1.82) is 0 Å². The molecule has 0 fully saturated rings. The van der Waals surface area contributed by atoms with E-state index >= 15 is 0 Å². The van der Waals surface area contributed by atoms with Crippen molar-refractivity contribution in [3.63, 3.8) is 0 Å². The van der Waals surface area contributed by atoms with Gasteiger partial charge in [0.1, 0.15) is 53.3 Å². The molecule has 5 atom stereocenters. The van der Waals surface area contributed by atoms with E-state index < -0.39 is 0 Å². The fourth-order valence-electron chi connectivity index (χ4n) is 12.6. The molecule has 30 nitrogen and oxygen atoms in total. The van der Waals surface area contributed by atoms with Crippen molar-refractivity contribution in [3.05, 3.63) is 145 Å². The van der Waals surface area contributed by atoms with Crippen LogP contribution in [0.4, 0.5) is 0 Å². The van der Waals surface area contributed by atoms with Crippen LogP contribution in [0.5, 0.6) is 34.5 Å². The van der Waals surface area contributed by atoms with Gasteiger partial charge < -0.3 is 73.6 Å². The molecule has 0 radical (unpaired) electrons. The second-order valence-corrected chi connectivity index (χ2v) is 29.7. The van der Waals surface area contributed by atoms with Crippen LogP contribution >= 0.6 is 0 Å². The second kappa shape index (κ2) is 44.0. The highest BCUT2D eigenvalue weighted by atomic mass is 16.5. The predicted molar refractivity (Wildman–Crippen MR) is 427 cm³/mol. The highest BCUT2D eigenvalue weighted by molar-refractivity contribution is 5.96. The number of hydrogen-bond donors (Lipinski definition) is 6. The van der Waals surface area contributed by atoms with Crippen molar-refractivity contribution >= 4 is 35.4 Å². The minimum absolute atomic E-state index is 0.00591. The van der Waals surface area contributed by atoms with Gasteiger partial charge in [-0.25, -0.2) is 15.0 Å². The van der Waals surface area contributed by atoms with E-state index in [0.29, 0.717) is 90.4 Å². The lowest BCUT2D eigenvalue weighted by Gasteiger charge is -2.21. The van der Waals surface area contributed by atoms with Gasteiger partial charge in [-0.3, -0.25) is 42.8 Å². The third-order valence-electron chi connectivity index (χ3n) is 18.4. The topological polar surface area (TPSA) is 362 Å². The number of nitrogens with zero attached hydrogens (tertiary/aromatic N) is 9. The van der Waals surface area contributed by atoms with E-state index in [1.54, 1.807) is 65.5 Å². The average molecular weight is 1560 g/mol. The van der Waals surface area contributed by atoms with Crippen molar-refractivity contribution in [2.24, 2.45) is 35.5 Å². The fourth-order valence-corrected chi connectivity index (χ4v) is 12.6. The molecule has 9 rings (SSSR count). The molecule has 0 saturated heterocycles. The van der Waals surface area contributed by atoms with E-state index in [1.165, 1.54) is 37.4 Å². The predicted octanol–water partition coefficient (Wildman–Crippen LogP) is 13.1. The largest absolute Gasteiger partial charge is 0.496 e. The van der Waals surface area contributed by atoms with Gasteiger partial charge in [0.2, 0.25) is 35.4 Å². The Morgan fingerprint density at radius 1 is 0.407 bits per heavy atom. The van der Waals surface area contributed by atoms with Gasteiger partial charge in [-0.05, 0) is 116 Å². The summed E-state index contributed by atoms with van der Waals surface area (Å²) < 4.78 is 54.7. The molecular formula is C83H115N15O15. The lowest BCUT2D eigenvalue weighted by molar-refractivity contribution is -0.122. The quantitative estimate of drug-likeness (QED) is 0.0208. The van der Waals surface area contributed by atoms with E-state index in [0.717, 1.165) is 40.2 Å². The Balaban J connectivity index is 0.000000235. The summed E-state index contributed by atoms with van der Waals surface area (Å²) in [7, 11) is 9.59. The first-order valence-electron chi connectivity index (χ1n) is 38.4. The molecule has 30 heteroatoms. The monoisotopic (exact) mass is 1560 g/mol. The van der Waals surface area contributed by atoms with E-state index in [-0.39, 0.29) is 145 Å². The Morgan fingerprint density at radius 3 is 0.982 bits per heavy atom. The van der Waals surface area contributed by atoms with Crippen molar-refractivity contribution in [2.75, 3.05) is 42.7 Å². The van der Waals surface area contributed by atoms with E-state index in [2.05, 4.69) is 133 Å². The number of oxazole rings is 3. The molecule has 0 aliphatic heterocycles. The molecule has 2 unspecified atom stereocenters. The molecule has 0 saturated carbocycles. The number of nitrogens with one attached hydrogen (secondary N) is 6. The Bertz CT molecular complexity index is 4380. The van der Waals surface area contributed by atoms with Gasteiger partial charge >= 0.3 is 0 Å². The van der Waals surface area contributed by atoms with E-state index in [1.807, 2.05) is 77.8 Å². The van der Waals surface area contributed by atoms with Crippen LogP contribution in [0.2, 0.25) is 0 Å². The number of methoxy groups -OCH3 is 6. The summed E-state index contributed by atoms with van der Waals surface area (Å²) in [5.74, 6) is 5.08. The van der Waals surface area contributed by atoms with E-state index in [9.17, 15) is 28.8 Å². The van der Waals surface area contributed by atoms with Gasteiger partial charge in [-0.15, -0.1) is 0 Å². The summed E-state index contributed by atoms with van der Waals surface area (Å²) in [5.41, 5.74) is 5.14. The maximum absolute atomic E-state index is 13.5. The maximum atomic E-state index is 13.5. The molecule has 0 aliphatic rings. The average Bonchev–Trinajstić information content (AvgIpc) is 1.65. The van der Waals surface area contributed by atoms with Crippen LogP contribution in [0.15, 0.2) is 123 Å². The molecule has 6 amide bonds. The number of ether oxygens (including phenoxy) is 6. The van der Waals surface area contributed by atoms with Crippen LogP contribution in [0, 0.1) is 35.5 Å². The number of carbonyl (C=O) groups is 6. The molecule has 6 N–H and O–H groups in total. The lowest BCUT2D eigenvalue weighted by atomic mass is 10.0. The number of amides is 6. The molecular weight excluding hydrogens is 1450 g/mol. The molecule has 9 aromatic rings. The van der Waals surface area contributed by atoms with Crippen molar-refractivity contribution < 1.29 is 70.4 Å². The fraction of sp³-hybridized carbons (Fsp3) is 0.494. The van der Waals surface area contributed by atoms with Gasteiger partial charge in [0.25, 0.3) is 17.7 Å². The summed E-state index contributed by atoms with van der Waals surface area (Å²) in [5, 5.41) is 31.5. The number of carbonyl (C=O) groups excluding carboxylic acids is 6. The van der Waals surface area contributed by atoms with Crippen LogP contribution in [0.25, 0.3) is 33.8 Å². The number of rotatable bonds is 40. The third-order valence-corrected chi connectivity index (χ3v) is 18.4. The summed E-state index contributed by atoms with van der Waals surface area (Å²) in [6, 6.07) is 20.8. The Kier molecular flexibility index (Phi) is 34.5. The van der Waals surface area contributed by atoms with Crippen LogP contribution in [0.1, 0.15) is 190 Å². The molecule has 3 aromatic carbocycles. The zero-order valence-electron chi connectivity index (χ0n) is 68.8. The molecule has 0 bridgehead atoms. The molecule has 612 valence electrons. The molecule has 6 aromatic heterocycles. The maximum Gasteiger partial charge on any atom is 0.272 e. The minimum Gasteiger partial charge on any atom is -0.496 e. The number of benzene rings is 3. The third kappa shape index (κ3) is 26.3. The van der Waals surface area contributed by atoms with Gasteiger partial charge in [0.15, 0.2) is 17.1 Å². The number of aromatic nitrogens is 9. The summed E-state index contributed by atoms with van der Waals surface area (Å²) in [6.07, 6.45) is 12.2. The standard InChI is InChI=1S/2C28H39N5O5.C27H37N5O5/c1-17(2)13-20(14-25(34)30-16-26-29-11-12-38-26)31-28(35)21-15-22(33(32-21)19(5)18(3)4)27-23(36-6)9-8-10-24(27)37-7;1-7-19(4)17-33-22(27-23(36-5)9-8-10-24(27)37-6)15-21(32-33)28(35)31-20(13-18(2)3)14-25(34)30-16-26-29-11-12-38-26;1-17(2)12-19(13-24(33)29-15-25-28-10-11-37-25)30-27(34)20-14-21(32(31-20)16-18(3)4)26-22(35-5)8-7-9-23(26)36-6/h8-12,15,17-20H,13-14,16H2,1-7H3,(H,30,34)(H,31,35);8-12,15,18-20H,7,13-14,16-17H2,1-6H3,(H,30,34)(H,31,35);7-11,14,17-19H,12-13,15-16H2,1-6H3,(H,29,33)(H,30,34)/t2*19?,20-;19-/m000/s1. The summed E-state index contributed by atoms with van der Waals surface area (Å²) in [4.78, 5) is 90.0. The first kappa shape index (κ1) is 88.8. The van der Waals surface area contributed by atoms with Crippen LogP contribution in [-0.4, -0.2) is 141 Å². The van der Waals surface area contributed by atoms with Crippen molar-refractivity contribution in [2.45, 2.75) is 192 Å². The first-order chi connectivity index (χ1) is 54.1. The smallest absolute Gasteiger partial charge is 0.272 e. The van der Waals surface area contributed by atoms with Crippen LogP contribution < -0.4 is 60.3 Å². The lowest BCUT2D eigenvalue weighted by Crippen LogP contribution is -2.40. The molecule has 6 heterocycles. The van der Waals surface area contributed by atoms with Crippen LogP contribution in [0.3, 0.4) is 0 Å². The number of hydrogen-bond acceptors (Lipinski definition) is 21. The van der Waals surface area contributed by atoms with Gasteiger partial charge in [0.05, 0.1) is 121 Å². The van der Waals surface area contributed by atoms with Crippen molar-refractivity contribution in [1.82, 2.24) is 76.2 Å². The van der Waals surface area contributed by atoms with Crippen LogP contribution in [-0.2, 0) is 47.1 Å². The molecule has 113 heavy (non-hydrogen) atoms.